The molecule has 0 atom stereocenters. The zero-order valence-corrected chi connectivity index (χ0v) is 11.9. The van der Waals surface area contributed by atoms with E-state index in [0.29, 0.717) is 36.4 Å². The van der Waals surface area contributed by atoms with Crippen LogP contribution in [0.2, 0.25) is 0 Å². The van der Waals surface area contributed by atoms with E-state index >= 15 is 0 Å². The van der Waals surface area contributed by atoms with Gasteiger partial charge in [0.1, 0.15) is 9.84 Å². The average molecular weight is 286 g/mol. The third-order valence-electron chi connectivity index (χ3n) is 2.34. The molecule has 0 amide bonds. The van der Waals surface area contributed by atoms with Crippen LogP contribution in [0.25, 0.3) is 0 Å². The van der Waals surface area contributed by atoms with Gasteiger partial charge in [-0.15, -0.1) is 0 Å². The number of hydrogen-bond acceptors (Lipinski definition) is 5. The third-order valence-corrected chi connectivity index (χ3v) is 3.37. The standard InChI is InChI=1S/C13H18O5S/c1-3-17-12-7-4-6-11(10-14)13(12)18-8-5-9-19(2,15)16/h4,6-7,10H,3,5,8-9H2,1-2H3. The van der Waals surface area contributed by atoms with Gasteiger partial charge in [-0.25, -0.2) is 8.42 Å². The molecule has 5 nitrogen and oxygen atoms in total. The number of hydrogen-bond donors (Lipinski definition) is 0. The first-order valence-corrected chi connectivity index (χ1v) is 8.05. The Balaban J connectivity index is 2.72. The highest BCUT2D eigenvalue weighted by Crippen LogP contribution is 2.30. The SMILES string of the molecule is CCOc1cccc(C=O)c1OCCCS(C)(=O)=O. The molecule has 19 heavy (non-hydrogen) atoms. The zero-order chi connectivity index (χ0) is 14.3. The van der Waals surface area contributed by atoms with Gasteiger partial charge in [0.25, 0.3) is 0 Å². The summed E-state index contributed by atoms with van der Waals surface area (Å²) in [7, 11) is -3.00. The van der Waals surface area contributed by atoms with Gasteiger partial charge in [0, 0.05) is 6.26 Å². The molecular formula is C13H18O5S. The highest BCUT2D eigenvalue weighted by Gasteiger charge is 2.11. The van der Waals surface area contributed by atoms with Crippen LogP contribution in [-0.2, 0) is 9.84 Å². The van der Waals surface area contributed by atoms with Crippen molar-refractivity contribution in [3.05, 3.63) is 23.8 Å². The molecule has 0 N–H and O–H groups in total. The van der Waals surface area contributed by atoms with Gasteiger partial charge in [-0.1, -0.05) is 6.07 Å². The first-order chi connectivity index (χ1) is 8.98. The largest absolute Gasteiger partial charge is 0.490 e. The van der Waals surface area contributed by atoms with Gasteiger partial charge in [0.05, 0.1) is 24.5 Å². The van der Waals surface area contributed by atoms with Crippen molar-refractivity contribution in [3.8, 4) is 11.5 Å². The van der Waals surface area contributed by atoms with Crippen LogP contribution < -0.4 is 9.47 Å². The second-order valence-corrected chi connectivity index (χ2v) is 6.32. The van der Waals surface area contributed by atoms with E-state index in [1.54, 1.807) is 18.2 Å². The summed E-state index contributed by atoms with van der Waals surface area (Å²) >= 11 is 0. The maximum absolute atomic E-state index is 11.0. The number of para-hydroxylation sites is 1. The third kappa shape index (κ3) is 5.30. The molecule has 0 saturated carbocycles. The molecule has 0 heterocycles. The van der Waals surface area contributed by atoms with Crippen LogP contribution >= 0.6 is 0 Å². The summed E-state index contributed by atoms with van der Waals surface area (Å²) in [6.45, 7) is 2.51. The van der Waals surface area contributed by atoms with Crippen molar-refractivity contribution in [3.63, 3.8) is 0 Å². The van der Waals surface area contributed by atoms with Gasteiger partial charge in [-0.3, -0.25) is 4.79 Å². The summed E-state index contributed by atoms with van der Waals surface area (Å²) < 4.78 is 32.9. The molecule has 0 fully saturated rings. The fourth-order valence-corrected chi connectivity index (χ4v) is 2.19. The molecule has 0 bridgehead atoms. The molecule has 0 saturated heterocycles. The minimum atomic E-state index is -3.00. The molecule has 0 aliphatic carbocycles. The fourth-order valence-electron chi connectivity index (χ4n) is 1.54. The van der Waals surface area contributed by atoms with Gasteiger partial charge in [0.2, 0.25) is 0 Å². The number of carbonyl (C=O) groups is 1. The summed E-state index contributed by atoms with van der Waals surface area (Å²) in [5.41, 5.74) is 0.394. The van der Waals surface area contributed by atoms with Crippen LogP contribution in [-0.4, -0.2) is 39.9 Å². The van der Waals surface area contributed by atoms with E-state index in [1.807, 2.05) is 6.92 Å². The Labute approximate surface area is 113 Å². The monoisotopic (exact) mass is 286 g/mol. The normalized spacial score (nSPS) is 11.1. The number of aldehydes is 1. The van der Waals surface area contributed by atoms with E-state index in [9.17, 15) is 13.2 Å². The number of benzene rings is 1. The smallest absolute Gasteiger partial charge is 0.171 e. The summed E-state index contributed by atoms with van der Waals surface area (Å²) in [6.07, 6.45) is 2.24. The Morgan fingerprint density at radius 2 is 2.00 bits per heavy atom. The van der Waals surface area contributed by atoms with E-state index in [-0.39, 0.29) is 12.4 Å². The quantitative estimate of drug-likeness (QED) is 0.537. The van der Waals surface area contributed by atoms with E-state index in [2.05, 4.69) is 0 Å². The highest BCUT2D eigenvalue weighted by molar-refractivity contribution is 7.90. The van der Waals surface area contributed by atoms with Crippen LogP contribution in [0.5, 0.6) is 11.5 Å². The molecule has 106 valence electrons. The van der Waals surface area contributed by atoms with Crippen LogP contribution in [0, 0.1) is 0 Å². The van der Waals surface area contributed by atoms with Gasteiger partial charge >= 0.3 is 0 Å². The van der Waals surface area contributed by atoms with Crippen molar-refractivity contribution in [1.82, 2.24) is 0 Å². The topological polar surface area (TPSA) is 69.7 Å². The minimum absolute atomic E-state index is 0.0558. The van der Waals surface area contributed by atoms with E-state index < -0.39 is 9.84 Å². The fraction of sp³-hybridized carbons (Fsp3) is 0.462. The first kappa shape index (κ1) is 15.5. The Morgan fingerprint density at radius 1 is 1.26 bits per heavy atom. The number of ether oxygens (including phenoxy) is 2. The lowest BCUT2D eigenvalue weighted by atomic mass is 10.2. The molecule has 0 spiro atoms. The summed E-state index contributed by atoms with van der Waals surface area (Å²) in [5, 5.41) is 0. The van der Waals surface area contributed by atoms with Crippen molar-refractivity contribution in [2.24, 2.45) is 0 Å². The average Bonchev–Trinajstić information content (AvgIpc) is 2.35. The maximum atomic E-state index is 11.0. The maximum Gasteiger partial charge on any atom is 0.171 e. The van der Waals surface area contributed by atoms with Crippen molar-refractivity contribution < 1.29 is 22.7 Å². The predicted molar refractivity (Wildman–Crippen MR) is 72.8 cm³/mol. The lowest BCUT2D eigenvalue weighted by Crippen LogP contribution is -2.09. The van der Waals surface area contributed by atoms with E-state index in [0.717, 1.165) is 0 Å². The first-order valence-electron chi connectivity index (χ1n) is 5.99. The van der Waals surface area contributed by atoms with Crippen LogP contribution in [0.15, 0.2) is 18.2 Å². The molecule has 0 aliphatic heterocycles. The lowest BCUT2D eigenvalue weighted by molar-refractivity contribution is 0.111. The molecular weight excluding hydrogens is 268 g/mol. The Morgan fingerprint density at radius 3 is 2.58 bits per heavy atom. The van der Waals surface area contributed by atoms with Gasteiger partial charge in [-0.2, -0.15) is 0 Å². The van der Waals surface area contributed by atoms with Crippen molar-refractivity contribution in [1.29, 1.82) is 0 Å². The second-order valence-electron chi connectivity index (χ2n) is 4.06. The van der Waals surface area contributed by atoms with E-state index in [1.165, 1.54) is 6.26 Å². The van der Waals surface area contributed by atoms with E-state index in [4.69, 9.17) is 9.47 Å². The van der Waals surface area contributed by atoms with Gasteiger partial charge < -0.3 is 9.47 Å². The number of rotatable bonds is 8. The van der Waals surface area contributed by atoms with Gasteiger partial charge in [-0.05, 0) is 25.5 Å². The van der Waals surface area contributed by atoms with Crippen LogP contribution in [0.4, 0.5) is 0 Å². The Bertz CT molecular complexity index is 522. The van der Waals surface area contributed by atoms with Crippen molar-refractivity contribution >= 4 is 16.1 Å². The molecule has 1 aromatic rings. The lowest BCUT2D eigenvalue weighted by Gasteiger charge is -2.13. The highest BCUT2D eigenvalue weighted by atomic mass is 32.2. The molecule has 6 heteroatoms. The molecule has 1 aromatic carbocycles. The van der Waals surface area contributed by atoms with Crippen LogP contribution in [0.1, 0.15) is 23.7 Å². The molecule has 0 radical (unpaired) electrons. The molecule has 0 aliphatic rings. The van der Waals surface area contributed by atoms with Gasteiger partial charge in [0.15, 0.2) is 17.8 Å². The molecule has 0 aromatic heterocycles. The Hall–Kier alpha value is -1.56. The number of carbonyl (C=O) groups excluding carboxylic acids is 1. The summed E-state index contributed by atoms with van der Waals surface area (Å²) in [5.74, 6) is 0.916. The van der Waals surface area contributed by atoms with Crippen molar-refractivity contribution in [2.45, 2.75) is 13.3 Å². The summed E-state index contributed by atoms with van der Waals surface area (Å²) in [4.78, 5) is 10.9. The minimum Gasteiger partial charge on any atom is -0.490 e. The summed E-state index contributed by atoms with van der Waals surface area (Å²) in [6, 6.07) is 5.04. The molecule has 0 unspecified atom stereocenters. The van der Waals surface area contributed by atoms with Crippen molar-refractivity contribution in [2.75, 3.05) is 25.2 Å². The zero-order valence-electron chi connectivity index (χ0n) is 11.1. The van der Waals surface area contributed by atoms with Crippen LogP contribution in [0.3, 0.4) is 0 Å². The second kappa shape index (κ2) is 7.13. The predicted octanol–water partition coefficient (Wildman–Crippen LogP) is 1.71. The Kier molecular flexibility index (Phi) is 5.82. The number of sulfone groups is 1. The molecule has 1 rings (SSSR count).